The summed E-state index contributed by atoms with van der Waals surface area (Å²) < 4.78 is 2.50. The lowest BCUT2D eigenvalue weighted by molar-refractivity contribution is 0.707. The first-order valence-corrected chi connectivity index (χ1v) is 8.99. The Morgan fingerprint density at radius 2 is 1.39 bits per heavy atom. The van der Waals surface area contributed by atoms with Crippen LogP contribution in [0.1, 0.15) is 17.2 Å². The highest BCUT2D eigenvalue weighted by molar-refractivity contribution is 5.88. The Balaban J connectivity index is 1.92. The summed E-state index contributed by atoms with van der Waals surface area (Å²) >= 11 is 0. The van der Waals surface area contributed by atoms with Crippen molar-refractivity contribution < 1.29 is 0 Å². The third-order valence-corrected chi connectivity index (χ3v) is 4.91. The lowest BCUT2D eigenvalue weighted by Gasteiger charge is -2.22. The van der Waals surface area contributed by atoms with Crippen LogP contribution in [0.25, 0.3) is 11.0 Å². The van der Waals surface area contributed by atoms with Gasteiger partial charge in [-0.15, -0.1) is 0 Å². The third kappa shape index (κ3) is 2.99. The van der Waals surface area contributed by atoms with E-state index in [9.17, 15) is 9.59 Å². The third-order valence-electron chi connectivity index (χ3n) is 4.91. The normalized spacial score (nSPS) is 11.1. The van der Waals surface area contributed by atoms with Crippen LogP contribution in [0.2, 0.25) is 0 Å². The minimum absolute atomic E-state index is 0.157. The summed E-state index contributed by atoms with van der Waals surface area (Å²) in [4.78, 5) is 29.4. The molecule has 28 heavy (non-hydrogen) atoms. The van der Waals surface area contributed by atoms with E-state index in [0.717, 1.165) is 15.7 Å². The second kappa shape index (κ2) is 7.15. The van der Waals surface area contributed by atoms with Crippen LogP contribution >= 0.6 is 0 Å². The molecule has 140 valence electrons. The standard InChI is InChI=1S/C22H20N4O2/c1-25-20-18(21(27)26(2)22(25)28)17(13-14-23-20)24-19(15-9-5-3-6-10-15)16-11-7-4-8-12-16/h3-14,19H,1-2H3,(H,23,24). The maximum Gasteiger partial charge on any atom is 0.332 e. The number of rotatable bonds is 4. The van der Waals surface area contributed by atoms with E-state index >= 15 is 0 Å². The summed E-state index contributed by atoms with van der Waals surface area (Å²) in [5.41, 5.74) is 2.37. The van der Waals surface area contributed by atoms with E-state index in [0.29, 0.717) is 16.7 Å². The zero-order valence-electron chi connectivity index (χ0n) is 15.7. The van der Waals surface area contributed by atoms with E-state index < -0.39 is 5.69 Å². The topological polar surface area (TPSA) is 68.9 Å². The molecule has 0 fully saturated rings. The minimum Gasteiger partial charge on any atom is -0.373 e. The highest BCUT2D eigenvalue weighted by atomic mass is 16.2. The Hall–Kier alpha value is -3.67. The van der Waals surface area contributed by atoms with Gasteiger partial charge in [0.1, 0.15) is 5.39 Å². The van der Waals surface area contributed by atoms with Crippen LogP contribution in [-0.4, -0.2) is 14.1 Å². The van der Waals surface area contributed by atoms with Crippen molar-refractivity contribution in [3.63, 3.8) is 0 Å². The van der Waals surface area contributed by atoms with Crippen LogP contribution in [0, 0.1) is 0 Å². The van der Waals surface area contributed by atoms with Gasteiger partial charge < -0.3 is 5.32 Å². The fourth-order valence-electron chi connectivity index (χ4n) is 3.41. The molecule has 0 aliphatic carbocycles. The van der Waals surface area contributed by atoms with Crippen molar-refractivity contribution in [1.29, 1.82) is 0 Å². The highest BCUT2D eigenvalue weighted by Crippen LogP contribution is 2.28. The van der Waals surface area contributed by atoms with Gasteiger partial charge in [0.05, 0.1) is 11.7 Å². The molecule has 0 bridgehead atoms. The number of hydrogen-bond acceptors (Lipinski definition) is 4. The molecule has 4 rings (SSSR count). The smallest absolute Gasteiger partial charge is 0.332 e. The number of aromatic nitrogens is 3. The average molecular weight is 372 g/mol. The molecule has 0 spiro atoms. The molecule has 0 saturated heterocycles. The molecule has 0 unspecified atom stereocenters. The molecule has 0 aliphatic heterocycles. The molecule has 1 N–H and O–H groups in total. The molecule has 0 aliphatic rings. The van der Waals surface area contributed by atoms with Gasteiger partial charge >= 0.3 is 5.69 Å². The predicted octanol–water partition coefficient (Wildman–Crippen LogP) is 2.83. The lowest BCUT2D eigenvalue weighted by Crippen LogP contribution is -2.37. The van der Waals surface area contributed by atoms with Gasteiger partial charge in [-0.1, -0.05) is 60.7 Å². The van der Waals surface area contributed by atoms with Crippen molar-refractivity contribution in [2.24, 2.45) is 14.1 Å². The summed E-state index contributed by atoms with van der Waals surface area (Å²) in [5, 5.41) is 3.89. The summed E-state index contributed by atoms with van der Waals surface area (Å²) in [5.74, 6) is 0. The molecule has 0 atom stereocenters. The van der Waals surface area contributed by atoms with Crippen LogP contribution < -0.4 is 16.6 Å². The van der Waals surface area contributed by atoms with E-state index in [1.807, 2.05) is 60.7 Å². The van der Waals surface area contributed by atoms with E-state index in [1.165, 1.54) is 11.6 Å². The van der Waals surface area contributed by atoms with Crippen molar-refractivity contribution in [3.8, 4) is 0 Å². The van der Waals surface area contributed by atoms with Crippen LogP contribution in [0.4, 0.5) is 5.69 Å². The first kappa shape index (κ1) is 17.7. The van der Waals surface area contributed by atoms with Gasteiger partial charge in [0.15, 0.2) is 5.65 Å². The number of nitrogens with one attached hydrogen (secondary N) is 1. The van der Waals surface area contributed by atoms with Gasteiger partial charge in [-0.3, -0.25) is 13.9 Å². The van der Waals surface area contributed by atoms with Crippen molar-refractivity contribution >= 4 is 16.7 Å². The quantitative estimate of drug-likeness (QED) is 0.598. The van der Waals surface area contributed by atoms with Crippen molar-refractivity contribution in [2.45, 2.75) is 6.04 Å². The van der Waals surface area contributed by atoms with Gasteiger partial charge in [-0.2, -0.15) is 0 Å². The van der Waals surface area contributed by atoms with Gasteiger partial charge in [0.2, 0.25) is 0 Å². The second-order valence-corrected chi connectivity index (χ2v) is 6.66. The zero-order valence-corrected chi connectivity index (χ0v) is 15.7. The van der Waals surface area contributed by atoms with Crippen LogP contribution in [-0.2, 0) is 14.1 Å². The number of pyridine rings is 1. The Bertz CT molecular complexity index is 1210. The van der Waals surface area contributed by atoms with Crippen LogP contribution in [0.5, 0.6) is 0 Å². The summed E-state index contributed by atoms with van der Waals surface area (Å²) in [6.07, 6.45) is 1.61. The molecule has 2 aromatic heterocycles. The fourth-order valence-corrected chi connectivity index (χ4v) is 3.41. The molecular formula is C22H20N4O2. The molecular weight excluding hydrogens is 352 g/mol. The second-order valence-electron chi connectivity index (χ2n) is 6.66. The van der Waals surface area contributed by atoms with Crippen molar-refractivity contribution in [3.05, 3.63) is 105 Å². The number of nitrogens with zero attached hydrogens (tertiary/aromatic N) is 3. The summed E-state index contributed by atoms with van der Waals surface area (Å²) in [7, 11) is 3.10. The first-order valence-electron chi connectivity index (χ1n) is 8.99. The summed E-state index contributed by atoms with van der Waals surface area (Å²) in [6.45, 7) is 0. The lowest BCUT2D eigenvalue weighted by atomic mass is 9.98. The Labute approximate surface area is 161 Å². The maximum absolute atomic E-state index is 12.8. The van der Waals surface area contributed by atoms with Crippen LogP contribution in [0.3, 0.4) is 0 Å². The Morgan fingerprint density at radius 1 is 0.821 bits per heavy atom. The highest BCUT2D eigenvalue weighted by Gasteiger charge is 2.18. The Kier molecular flexibility index (Phi) is 4.53. The van der Waals surface area contributed by atoms with Gasteiger partial charge in [-0.05, 0) is 17.2 Å². The van der Waals surface area contributed by atoms with Crippen LogP contribution in [0.15, 0.2) is 82.5 Å². The molecule has 0 radical (unpaired) electrons. The van der Waals surface area contributed by atoms with E-state index in [-0.39, 0.29) is 11.6 Å². The SMILES string of the molecule is Cn1c(=O)c2c(NC(c3ccccc3)c3ccccc3)ccnc2n(C)c1=O. The number of benzene rings is 2. The Morgan fingerprint density at radius 3 is 1.96 bits per heavy atom. The van der Waals surface area contributed by atoms with Gasteiger partial charge in [0.25, 0.3) is 5.56 Å². The average Bonchev–Trinajstić information content (AvgIpc) is 2.75. The van der Waals surface area contributed by atoms with Gasteiger partial charge in [-0.25, -0.2) is 9.78 Å². The largest absolute Gasteiger partial charge is 0.373 e. The van der Waals surface area contributed by atoms with Crippen molar-refractivity contribution in [1.82, 2.24) is 14.1 Å². The molecule has 6 heteroatoms. The van der Waals surface area contributed by atoms with E-state index in [2.05, 4.69) is 10.3 Å². The maximum atomic E-state index is 12.8. The first-order chi connectivity index (χ1) is 13.6. The summed E-state index contributed by atoms with van der Waals surface area (Å²) in [6, 6.07) is 21.7. The molecule has 2 heterocycles. The molecule has 4 aromatic rings. The molecule has 2 aromatic carbocycles. The fraction of sp³-hybridized carbons (Fsp3) is 0.136. The predicted molar refractivity (Wildman–Crippen MR) is 111 cm³/mol. The number of fused-ring (bicyclic) bond motifs is 1. The number of hydrogen-bond donors (Lipinski definition) is 1. The van der Waals surface area contributed by atoms with E-state index in [1.54, 1.807) is 19.3 Å². The zero-order chi connectivity index (χ0) is 19.7. The van der Waals surface area contributed by atoms with Crippen molar-refractivity contribution in [2.75, 3.05) is 5.32 Å². The molecule has 6 nitrogen and oxygen atoms in total. The monoisotopic (exact) mass is 372 g/mol. The number of aryl methyl sites for hydroxylation is 1. The number of anilines is 1. The molecule has 0 saturated carbocycles. The minimum atomic E-state index is -0.398. The van der Waals surface area contributed by atoms with E-state index in [4.69, 9.17) is 0 Å². The van der Waals surface area contributed by atoms with Gasteiger partial charge in [0, 0.05) is 20.3 Å². The molecule has 0 amide bonds.